The van der Waals surface area contributed by atoms with Gasteiger partial charge in [-0.25, -0.2) is 0 Å². The highest BCUT2D eigenvalue weighted by atomic mass is 28.3. The number of rotatable bonds is 4. The van der Waals surface area contributed by atoms with Crippen LogP contribution in [0.1, 0.15) is 20.3 Å². The number of carbonyl (C=O) groups is 2. The normalized spacial score (nSPS) is 24.1. The Bertz CT molecular complexity index is 495. The summed E-state index contributed by atoms with van der Waals surface area (Å²) in [6.45, 7) is 9.25. The number of hydrogen-bond donors (Lipinski definition) is 0. The van der Waals surface area contributed by atoms with E-state index in [0.29, 0.717) is 6.42 Å². The lowest BCUT2D eigenvalue weighted by atomic mass is 10.1. The van der Waals surface area contributed by atoms with Crippen molar-refractivity contribution in [1.29, 1.82) is 0 Å². The Labute approximate surface area is 133 Å². The van der Waals surface area contributed by atoms with Crippen LogP contribution < -0.4 is 0 Å². The van der Waals surface area contributed by atoms with E-state index in [-0.39, 0.29) is 12.7 Å². The third-order valence-electron chi connectivity index (χ3n) is 2.75. The Kier molecular flexibility index (Phi) is 6.85. The first kappa shape index (κ1) is 18.5. The molecule has 5 nitrogen and oxygen atoms in total. The Balaban J connectivity index is 2.69. The van der Waals surface area contributed by atoms with Crippen molar-refractivity contribution in [3.05, 3.63) is 12.2 Å². The van der Waals surface area contributed by atoms with Crippen LogP contribution in [0, 0.1) is 11.5 Å². The van der Waals surface area contributed by atoms with Gasteiger partial charge in [0.15, 0.2) is 0 Å². The molecule has 3 atom stereocenters. The van der Waals surface area contributed by atoms with Crippen LogP contribution in [0.15, 0.2) is 12.2 Å². The van der Waals surface area contributed by atoms with Crippen LogP contribution in [0.25, 0.3) is 0 Å². The minimum Gasteiger partial charge on any atom is -0.463 e. The van der Waals surface area contributed by atoms with Crippen molar-refractivity contribution in [1.82, 2.24) is 0 Å². The summed E-state index contributed by atoms with van der Waals surface area (Å²) >= 11 is 0. The van der Waals surface area contributed by atoms with E-state index in [2.05, 4.69) is 31.1 Å². The highest BCUT2D eigenvalue weighted by Crippen LogP contribution is 2.19. The molecule has 1 heterocycles. The summed E-state index contributed by atoms with van der Waals surface area (Å²) in [5.41, 5.74) is 3.28. The van der Waals surface area contributed by atoms with Crippen molar-refractivity contribution in [2.24, 2.45) is 0 Å². The van der Waals surface area contributed by atoms with E-state index in [4.69, 9.17) is 14.2 Å². The standard InChI is InChI=1S/C16H24O5Si/c1-12(17)19-11-16-15(20-13(2)18)9-8-14(21-16)7-6-10-22(3,4)5/h8-9,14-16H,7,11H2,1-5H3/t14-,15+,16-/m1/s1. The maximum absolute atomic E-state index is 11.1. The van der Waals surface area contributed by atoms with E-state index in [9.17, 15) is 9.59 Å². The van der Waals surface area contributed by atoms with Crippen molar-refractivity contribution in [2.75, 3.05) is 6.61 Å². The van der Waals surface area contributed by atoms with Gasteiger partial charge in [0.1, 0.15) is 26.9 Å². The molecule has 122 valence electrons. The largest absolute Gasteiger partial charge is 0.463 e. The zero-order chi connectivity index (χ0) is 16.8. The summed E-state index contributed by atoms with van der Waals surface area (Å²) in [4.78, 5) is 22.1. The maximum atomic E-state index is 11.1. The second-order valence-corrected chi connectivity index (χ2v) is 11.0. The van der Waals surface area contributed by atoms with E-state index in [1.54, 1.807) is 6.08 Å². The molecule has 0 unspecified atom stereocenters. The summed E-state index contributed by atoms with van der Waals surface area (Å²) in [6, 6.07) is 0. The van der Waals surface area contributed by atoms with Crippen LogP contribution >= 0.6 is 0 Å². The number of ether oxygens (including phenoxy) is 3. The maximum Gasteiger partial charge on any atom is 0.303 e. The summed E-state index contributed by atoms with van der Waals surface area (Å²) in [6.07, 6.45) is 2.96. The number of esters is 2. The molecule has 1 aliphatic rings. The molecular formula is C16H24O5Si. The second-order valence-electron chi connectivity index (χ2n) is 6.23. The van der Waals surface area contributed by atoms with Gasteiger partial charge in [0, 0.05) is 20.3 Å². The Morgan fingerprint density at radius 2 is 1.86 bits per heavy atom. The molecule has 0 saturated carbocycles. The minimum absolute atomic E-state index is 0.0512. The first-order valence-electron chi connectivity index (χ1n) is 7.32. The van der Waals surface area contributed by atoms with E-state index in [1.807, 2.05) is 6.08 Å². The van der Waals surface area contributed by atoms with Gasteiger partial charge in [-0.2, -0.15) is 0 Å². The molecule has 0 N–H and O–H groups in total. The van der Waals surface area contributed by atoms with Gasteiger partial charge >= 0.3 is 11.9 Å². The molecule has 0 aromatic carbocycles. The number of hydrogen-bond acceptors (Lipinski definition) is 5. The fourth-order valence-electron chi connectivity index (χ4n) is 1.88. The summed E-state index contributed by atoms with van der Waals surface area (Å²) in [5, 5.41) is 0. The molecule has 0 aliphatic carbocycles. The van der Waals surface area contributed by atoms with Crippen LogP contribution in [-0.4, -0.2) is 44.9 Å². The molecule has 1 aliphatic heterocycles. The molecule has 1 rings (SSSR count). The summed E-state index contributed by atoms with van der Waals surface area (Å²) in [5.74, 6) is 2.36. The minimum atomic E-state index is -1.40. The molecule has 0 fully saturated rings. The lowest BCUT2D eigenvalue weighted by molar-refractivity contribution is -0.163. The predicted molar refractivity (Wildman–Crippen MR) is 85.7 cm³/mol. The van der Waals surface area contributed by atoms with Crippen LogP contribution in [0.2, 0.25) is 19.6 Å². The molecule has 0 bridgehead atoms. The predicted octanol–water partition coefficient (Wildman–Crippen LogP) is 2.08. The van der Waals surface area contributed by atoms with Crippen LogP contribution in [0.4, 0.5) is 0 Å². The van der Waals surface area contributed by atoms with Gasteiger partial charge in [0.05, 0.1) is 6.10 Å². The Morgan fingerprint density at radius 1 is 1.18 bits per heavy atom. The van der Waals surface area contributed by atoms with Gasteiger partial charge in [-0.15, -0.1) is 11.5 Å². The topological polar surface area (TPSA) is 61.8 Å². The third kappa shape index (κ3) is 7.43. The molecule has 0 amide bonds. The van der Waals surface area contributed by atoms with Crippen LogP contribution in [-0.2, 0) is 23.8 Å². The van der Waals surface area contributed by atoms with E-state index >= 15 is 0 Å². The van der Waals surface area contributed by atoms with Gasteiger partial charge in [-0.05, 0) is 6.08 Å². The molecule has 0 saturated heterocycles. The van der Waals surface area contributed by atoms with Crippen molar-refractivity contribution < 1.29 is 23.8 Å². The Morgan fingerprint density at radius 3 is 2.41 bits per heavy atom. The van der Waals surface area contributed by atoms with E-state index < -0.39 is 32.2 Å². The fraction of sp³-hybridized carbons (Fsp3) is 0.625. The van der Waals surface area contributed by atoms with Crippen LogP contribution in [0.5, 0.6) is 0 Å². The molecule has 0 aromatic heterocycles. The van der Waals surface area contributed by atoms with E-state index in [0.717, 1.165) is 0 Å². The quantitative estimate of drug-likeness (QED) is 0.343. The first-order chi connectivity index (χ1) is 10.2. The average Bonchev–Trinajstić information content (AvgIpc) is 2.36. The van der Waals surface area contributed by atoms with Crippen molar-refractivity contribution in [3.8, 4) is 11.5 Å². The lowest BCUT2D eigenvalue weighted by Gasteiger charge is -2.30. The van der Waals surface area contributed by atoms with Gasteiger partial charge in [-0.3, -0.25) is 9.59 Å². The van der Waals surface area contributed by atoms with Crippen molar-refractivity contribution in [2.45, 2.75) is 58.2 Å². The highest BCUT2D eigenvalue weighted by molar-refractivity contribution is 6.83. The summed E-state index contributed by atoms with van der Waals surface area (Å²) in [7, 11) is -1.40. The third-order valence-corrected chi connectivity index (χ3v) is 3.68. The highest BCUT2D eigenvalue weighted by Gasteiger charge is 2.30. The first-order valence-corrected chi connectivity index (χ1v) is 10.8. The van der Waals surface area contributed by atoms with Gasteiger partial charge in [0.25, 0.3) is 0 Å². The number of carbonyl (C=O) groups excluding carboxylic acids is 2. The monoisotopic (exact) mass is 324 g/mol. The van der Waals surface area contributed by atoms with E-state index in [1.165, 1.54) is 13.8 Å². The van der Waals surface area contributed by atoms with Gasteiger partial charge in [0.2, 0.25) is 0 Å². The molecule has 0 aromatic rings. The molecule has 22 heavy (non-hydrogen) atoms. The zero-order valence-electron chi connectivity index (χ0n) is 13.8. The van der Waals surface area contributed by atoms with Crippen molar-refractivity contribution in [3.63, 3.8) is 0 Å². The lowest BCUT2D eigenvalue weighted by Crippen LogP contribution is -2.41. The van der Waals surface area contributed by atoms with Crippen molar-refractivity contribution >= 4 is 20.0 Å². The molecule has 6 heteroatoms. The fourth-order valence-corrected chi connectivity index (χ4v) is 2.51. The summed E-state index contributed by atoms with van der Waals surface area (Å²) < 4.78 is 16.0. The molecule has 0 radical (unpaired) electrons. The Hall–Kier alpha value is -1.58. The van der Waals surface area contributed by atoms with Crippen LogP contribution in [0.3, 0.4) is 0 Å². The smallest absolute Gasteiger partial charge is 0.303 e. The van der Waals surface area contributed by atoms with Gasteiger partial charge < -0.3 is 14.2 Å². The van der Waals surface area contributed by atoms with Gasteiger partial charge in [-0.1, -0.05) is 25.7 Å². The molecule has 0 spiro atoms. The second kappa shape index (κ2) is 8.16. The SMILES string of the molecule is CC(=O)OC[C@H]1O[C@H](CC#C[Si](C)(C)C)C=C[C@@H]1OC(C)=O. The zero-order valence-corrected chi connectivity index (χ0v) is 14.8. The average molecular weight is 324 g/mol. The molecular weight excluding hydrogens is 300 g/mol.